The molecular formula is C15H31N. The summed E-state index contributed by atoms with van der Waals surface area (Å²) in [4.78, 5) is 2.72. The van der Waals surface area contributed by atoms with E-state index in [-0.39, 0.29) is 0 Å². The van der Waals surface area contributed by atoms with Gasteiger partial charge in [0.25, 0.3) is 0 Å². The molecule has 0 aromatic carbocycles. The van der Waals surface area contributed by atoms with Gasteiger partial charge in [-0.2, -0.15) is 0 Å². The van der Waals surface area contributed by atoms with Gasteiger partial charge < -0.3 is 4.90 Å². The van der Waals surface area contributed by atoms with Crippen LogP contribution >= 0.6 is 0 Å². The fourth-order valence-corrected chi connectivity index (χ4v) is 2.88. The van der Waals surface area contributed by atoms with Crippen LogP contribution in [0.25, 0.3) is 0 Å². The maximum atomic E-state index is 2.72. The molecule has 16 heavy (non-hydrogen) atoms. The lowest BCUT2D eigenvalue weighted by Crippen LogP contribution is -2.38. The molecular weight excluding hydrogens is 194 g/mol. The van der Waals surface area contributed by atoms with Crippen molar-refractivity contribution in [3.8, 4) is 0 Å². The molecule has 1 heteroatoms. The maximum absolute atomic E-state index is 2.72. The van der Waals surface area contributed by atoms with Crippen LogP contribution in [0.2, 0.25) is 0 Å². The molecule has 0 amide bonds. The summed E-state index contributed by atoms with van der Waals surface area (Å²) < 4.78 is 0. The van der Waals surface area contributed by atoms with E-state index in [1.807, 2.05) is 0 Å². The van der Waals surface area contributed by atoms with Crippen LogP contribution in [0.3, 0.4) is 0 Å². The highest BCUT2D eigenvalue weighted by atomic mass is 15.1. The summed E-state index contributed by atoms with van der Waals surface area (Å²) in [5.41, 5.74) is 0. The van der Waals surface area contributed by atoms with Gasteiger partial charge in [0.05, 0.1) is 0 Å². The van der Waals surface area contributed by atoms with Crippen LogP contribution < -0.4 is 0 Å². The Hall–Kier alpha value is -0.0400. The SMILES string of the molecule is CCCN(CC1CCC(C)CC1)C(C)CC. The average Bonchev–Trinajstić information content (AvgIpc) is 2.30. The van der Waals surface area contributed by atoms with E-state index >= 15 is 0 Å². The largest absolute Gasteiger partial charge is 0.300 e. The quantitative estimate of drug-likeness (QED) is 0.650. The summed E-state index contributed by atoms with van der Waals surface area (Å²) in [5.74, 6) is 1.97. The molecule has 1 fully saturated rings. The van der Waals surface area contributed by atoms with Crippen LogP contribution in [0.15, 0.2) is 0 Å². The third kappa shape index (κ3) is 4.45. The Morgan fingerprint density at radius 2 is 1.75 bits per heavy atom. The minimum Gasteiger partial charge on any atom is -0.300 e. The minimum absolute atomic E-state index is 0.777. The van der Waals surface area contributed by atoms with E-state index in [1.165, 1.54) is 51.6 Å². The van der Waals surface area contributed by atoms with Crippen LogP contribution in [-0.2, 0) is 0 Å². The first-order valence-corrected chi connectivity index (χ1v) is 7.41. The van der Waals surface area contributed by atoms with Crippen molar-refractivity contribution in [1.82, 2.24) is 4.90 Å². The van der Waals surface area contributed by atoms with Crippen LogP contribution in [0.5, 0.6) is 0 Å². The van der Waals surface area contributed by atoms with Gasteiger partial charge >= 0.3 is 0 Å². The van der Waals surface area contributed by atoms with Gasteiger partial charge in [-0.15, -0.1) is 0 Å². The summed E-state index contributed by atoms with van der Waals surface area (Å²) in [6.45, 7) is 12.1. The lowest BCUT2D eigenvalue weighted by atomic mass is 9.82. The molecule has 1 atom stereocenters. The highest BCUT2D eigenvalue weighted by Gasteiger charge is 2.21. The van der Waals surface area contributed by atoms with Crippen molar-refractivity contribution in [3.05, 3.63) is 0 Å². The Kier molecular flexibility index (Phi) is 6.41. The first-order chi connectivity index (χ1) is 7.67. The van der Waals surface area contributed by atoms with E-state index in [2.05, 4.69) is 32.6 Å². The molecule has 1 saturated carbocycles. The van der Waals surface area contributed by atoms with E-state index in [4.69, 9.17) is 0 Å². The first kappa shape index (κ1) is 14.0. The molecule has 0 spiro atoms. The standard InChI is InChI=1S/C15H31N/c1-5-11-16(14(4)6-2)12-15-9-7-13(3)8-10-15/h13-15H,5-12H2,1-4H3. The molecule has 0 heterocycles. The van der Waals surface area contributed by atoms with Gasteiger partial charge in [-0.3, -0.25) is 0 Å². The molecule has 0 aliphatic heterocycles. The smallest absolute Gasteiger partial charge is 0.00644 e. The predicted octanol–water partition coefficient (Wildman–Crippen LogP) is 4.32. The fraction of sp³-hybridized carbons (Fsp3) is 1.00. The lowest BCUT2D eigenvalue weighted by Gasteiger charge is -2.34. The number of hydrogen-bond acceptors (Lipinski definition) is 1. The van der Waals surface area contributed by atoms with E-state index < -0.39 is 0 Å². The number of rotatable bonds is 6. The molecule has 0 bridgehead atoms. The topological polar surface area (TPSA) is 3.24 Å². The Morgan fingerprint density at radius 1 is 1.12 bits per heavy atom. The summed E-state index contributed by atoms with van der Waals surface area (Å²) in [6, 6.07) is 0.777. The maximum Gasteiger partial charge on any atom is 0.00644 e. The molecule has 96 valence electrons. The second-order valence-electron chi connectivity index (χ2n) is 5.88. The average molecular weight is 225 g/mol. The Morgan fingerprint density at radius 3 is 2.25 bits per heavy atom. The van der Waals surface area contributed by atoms with Crippen molar-refractivity contribution in [3.63, 3.8) is 0 Å². The summed E-state index contributed by atoms with van der Waals surface area (Å²) >= 11 is 0. The van der Waals surface area contributed by atoms with E-state index in [9.17, 15) is 0 Å². The second-order valence-corrected chi connectivity index (χ2v) is 5.88. The van der Waals surface area contributed by atoms with Crippen molar-refractivity contribution in [2.24, 2.45) is 11.8 Å². The molecule has 1 rings (SSSR count). The third-order valence-corrected chi connectivity index (χ3v) is 4.35. The molecule has 0 saturated heterocycles. The highest BCUT2D eigenvalue weighted by molar-refractivity contribution is 4.75. The van der Waals surface area contributed by atoms with Gasteiger partial charge in [0.1, 0.15) is 0 Å². The van der Waals surface area contributed by atoms with Crippen LogP contribution in [-0.4, -0.2) is 24.0 Å². The van der Waals surface area contributed by atoms with Crippen molar-refractivity contribution >= 4 is 0 Å². The van der Waals surface area contributed by atoms with E-state index in [1.54, 1.807) is 0 Å². The predicted molar refractivity (Wildman–Crippen MR) is 72.7 cm³/mol. The second kappa shape index (κ2) is 7.32. The molecule has 1 aliphatic rings. The van der Waals surface area contributed by atoms with Gasteiger partial charge in [-0.05, 0) is 51.0 Å². The fourth-order valence-electron chi connectivity index (χ4n) is 2.88. The molecule has 1 aliphatic carbocycles. The van der Waals surface area contributed by atoms with E-state index in [0.717, 1.165) is 17.9 Å². The summed E-state index contributed by atoms with van der Waals surface area (Å²) in [7, 11) is 0. The van der Waals surface area contributed by atoms with Gasteiger partial charge in [0.2, 0.25) is 0 Å². The zero-order valence-corrected chi connectivity index (χ0v) is 11.8. The van der Waals surface area contributed by atoms with E-state index in [0.29, 0.717) is 0 Å². The molecule has 0 N–H and O–H groups in total. The first-order valence-electron chi connectivity index (χ1n) is 7.41. The molecule has 0 aromatic heterocycles. The van der Waals surface area contributed by atoms with Crippen LogP contribution in [0.1, 0.15) is 66.2 Å². The third-order valence-electron chi connectivity index (χ3n) is 4.35. The zero-order chi connectivity index (χ0) is 12.0. The van der Waals surface area contributed by atoms with Crippen molar-refractivity contribution < 1.29 is 0 Å². The number of hydrogen-bond donors (Lipinski definition) is 0. The Labute approximate surface area is 103 Å². The normalized spacial score (nSPS) is 28.3. The van der Waals surface area contributed by atoms with Crippen molar-refractivity contribution in [2.75, 3.05) is 13.1 Å². The van der Waals surface area contributed by atoms with Gasteiger partial charge in [-0.25, -0.2) is 0 Å². The summed E-state index contributed by atoms with van der Waals surface area (Å²) in [6.07, 6.45) is 8.46. The Balaban J connectivity index is 2.35. The molecule has 0 radical (unpaired) electrons. The van der Waals surface area contributed by atoms with Gasteiger partial charge in [-0.1, -0.05) is 33.6 Å². The van der Waals surface area contributed by atoms with Crippen LogP contribution in [0.4, 0.5) is 0 Å². The highest BCUT2D eigenvalue weighted by Crippen LogP contribution is 2.29. The molecule has 1 unspecified atom stereocenters. The molecule has 1 nitrogen and oxygen atoms in total. The van der Waals surface area contributed by atoms with Crippen molar-refractivity contribution in [1.29, 1.82) is 0 Å². The zero-order valence-electron chi connectivity index (χ0n) is 11.8. The van der Waals surface area contributed by atoms with Gasteiger partial charge in [0.15, 0.2) is 0 Å². The minimum atomic E-state index is 0.777. The summed E-state index contributed by atoms with van der Waals surface area (Å²) in [5, 5.41) is 0. The Bertz CT molecular complexity index is 170. The van der Waals surface area contributed by atoms with Crippen LogP contribution in [0, 0.1) is 11.8 Å². The number of nitrogens with zero attached hydrogens (tertiary/aromatic N) is 1. The monoisotopic (exact) mass is 225 g/mol. The van der Waals surface area contributed by atoms with Gasteiger partial charge in [0, 0.05) is 12.6 Å². The lowest BCUT2D eigenvalue weighted by molar-refractivity contribution is 0.144. The molecule has 0 aromatic rings. The van der Waals surface area contributed by atoms with Crippen molar-refractivity contribution in [2.45, 2.75) is 72.3 Å².